The number of nitrogens with zero attached hydrogens (tertiary/aromatic N) is 1. The molecular weight excluding hydrogens is 730 g/mol. The molecule has 3 unspecified atom stereocenters. The van der Waals surface area contributed by atoms with Crippen molar-refractivity contribution in [1.82, 2.24) is 26.2 Å². The largest absolute Gasteiger partial charge is 0.507 e. The molecule has 0 aliphatic carbocycles. The summed E-state index contributed by atoms with van der Waals surface area (Å²) >= 11 is 0. The molecule has 1 heterocycles. The summed E-state index contributed by atoms with van der Waals surface area (Å²) in [6.07, 6.45) is 3.15. The van der Waals surface area contributed by atoms with Gasteiger partial charge < -0.3 is 41.5 Å². The Kier molecular flexibility index (Phi) is 13.6. The number of nitrogens with one attached hydrogen (secondary N) is 4. The summed E-state index contributed by atoms with van der Waals surface area (Å²) in [5, 5.41) is 41.3. The molecule has 0 radical (unpaired) electrons. The van der Waals surface area contributed by atoms with Crippen molar-refractivity contribution in [2.45, 2.75) is 51.6 Å². The van der Waals surface area contributed by atoms with E-state index in [-0.39, 0.29) is 47.1 Å². The second-order valence-electron chi connectivity index (χ2n) is 14.1. The molecule has 57 heavy (non-hydrogen) atoms. The highest BCUT2D eigenvalue weighted by molar-refractivity contribution is 5.96. The standard InChI is InChI=1S/C43H47N5O9/c1-4-5-6-26-7-10-28(11-8-26)29-12-14-30(15-13-29)41(54)44-22-25(2)40(53)46-24-38(52)48(3)39-31-16-18-36(50)33(21-31)32-19-27(9-17-35(32)49)20-34(43(56)57)47-37(51)23-45-42(39)55/h7-19,21,25,34,39,49-50H,4-6,20,22-24H2,1-3H3,(H,44,54)(H,45,55)(H,46,53)(H,47,51)(H,56,57). The average molecular weight is 778 g/mol. The average Bonchev–Trinajstić information content (AvgIpc) is 3.21. The highest BCUT2D eigenvalue weighted by Gasteiger charge is 2.31. The first-order chi connectivity index (χ1) is 27.2. The van der Waals surface area contributed by atoms with Gasteiger partial charge in [-0.15, -0.1) is 0 Å². The number of phenolic OH excluding ortho intramolecular Hbond substituents is 2. The van der Waals surface area contributed by atoms with Gasteiger partial charge in [0.1, 0.15) is 23.6 Å². The van der Waals surface area contributed by atoms with E-state index < -0.39 is 60.7 Å². The predicted molar refractivity (Wildman–Crippen MR) is 212 cm³/mol. The minimum atomic E-state index is -1.39. The molecule has 1 aliphatic heterocycles. The number of hydrogen-bond acceptors (Lipinski definition) is 8. The Balaban J connectivity index is 1.23. The first kappa shape index (κ1) is 41.5. The molecule has 0 saturated carbocycles. The van der Waals surface area contributed by atoms with Crippen molar-refractivity contribution >= 4 is 35.5 Å². The fourth-order valence-electron chi connectivity index (χ4n) is 6.47. The maximum Gasteiger partial charge on any atom is 0.326 e. The molecule has 0 spiro atoms. The minimum absolute atomic E-state index is 0.0180. The number of unbranched alkanes of at least 4 members (excludes halogenated alkanes) is 1. The third kappa shape index (κ3) is 10.5. The van der Waals surface area contributed by atoms with Gasteiger partial charge in [-0.1, -0.05) is 68.8 Å². The van der Waals surface area contributed by atoms with Crippen LogP contribution in [0.15, 0.2) is 84.9 Å². The van der Waals surface area contributed by atoms with Crippen LogP contribution in [0.2, 0.25) is 0 Å². The van der Waals surface area contributed by atoms with Crippen molar-refractivity contribution < 1.29 is 44.1 Å². The summed E-state index contributed by atoms with van der Waals surface area (Å²) in [5.41, 5.74) is 4.58. The lowest BCUT2D eigenvalue weighted by atomic mass is 9.94. The number of likely N-dealkylation sites (N-methyl/N-ethyl adjacent to an activating group) is 1. The van der Waals surface area contributed by atoms with E-state index in [1.54, 1.807) is 19.1 Å². The number of amides is 5. The Morgan fingerprint density at radius 2 is 1.49 bits per heavy atom. The summed E-state index contributed by atoms with van der Waals surface area (Å²) in [7, 11) is 1.32. The molecule has 4 aromatic carbocycles. The van der Waals surface area contributed by atoms with Crippen molar-refractivity contribution in [1.29, 1.82) is 0 Å². The molecule has 14 heteroatoms. The third-order valence-electron chi connectivity index (χ3n) is 9.90. The quantitative estimate of drug-likeness (QED) is 0.112. The number of carboxylic acids is 1. The Labute approximate surface area is 330 Å². The number of carboxylic acid groups (broad SMARTS) is 1. The van der Waals surface area contributed by atoms with Gasteiger partial charge in [0.25, 0.3) is 5.91 Å². The van der Waals surface area contributed by atoms with Gasteiger partial charge in [0.2, 0.25) is 23.6 Å². The van der Waals surface area contributed by atoms with Crippen LogP contribution in [0.5, 0.6) is 11.5 Å². The first-order valence-electron chi connectivity index (χ1n) is 18.7. The first-order valence-corrected chi connectivity index (χ1v) is 18.7. The van der Waals surface area contributed by atoms with Gasteiger partial charge in [-0.3, -0.25) is 24.0 Å². The predicted octanol–water partition coefficient (Wildman–Crippen LogP) is 3.70. The van der Waals surface area contributed by atoms with Gasteiger partial charge in [0.15, 0.2) is 0 Å². The molecule has 4 bridgehead atoms. The van der Waals surface area contributed by atoms with Gasteiger partial charge in [0.05, 0.1) is 19.0 Å². The zero-order valence-corrected chi connectivity index (χ0v) is 32.0. The molecule has 14 nitrogen and oxygen atoms in total. The van der Waals surface area contributed by atoms with E-state index in [1.807, 2.05) is 12.1 Å². The molecule has 4 aromatic rings. The fraction of sp³-hybridized carbons (Fsp3) is 0.302. The number of phenols is 2. The number of hydrogen-bond donors (Lipinski definition) is 7. The molecule has 1 aliphatic rings. The molecular formula is C43H47N5O9. The van der Waals surface area contributed by atoms with Crippen LogP contribution in [0.25, 0.3) is 22.3 Å². The van der Waals surface area contributed by atoms with Gasteiger partial charge in [-0.25, -0.2) is 4.79 Å². The lowest BCUT2D eigenvalue weighted by Gasteiger charge is -2.29. The monoisotopic (exact) mass is 777 g/mol. The van der Waals surface area contributed by atoms with E-state index in [0.717, 1.165) is 35.3 Å². The summed E-state index contributed by atoms with van der Waals surface area (Å²) in [5.74, 6) is -5.75. The zero-order valence-electron chi connectivity index (χ0n) is 32.0. The maximum absolute atomic E-state index is 13.6. The molecule has 5 rings (SSSR count). The van der Waals surface area contributed by atoms with Crippen LogP contribution in [-0.2, 0) is 36.8 Å². The van der Waals surface area contributed by atoms with E-state index in [0.29, 0.717) is 11.1 Å². The van der Waals surface area contributed by atoms with Crippen LogP contribution in [0.3, 0.4) is 0 Å². The lowest BCUT2D eigenvalue weighted by molar-refractivity contribution is -0.142. The fourth-order valence-corrected chi connectivity index (χ4v) is 6.47. The molecule has 7 N–H and O–H groups in total. The van der Waals surface area contributed by atoms with Crippen LogP contribution in [-0.4, -0.2) is 88.4 Å². The number of aromatic hydroxyl groups is 2. The van der Waals surface area contributed by atoms with Crippen molar-refractivity contribution in [3.05, 3.63) is 107 Å². The normalized spacial score (nSPS) is 15.9. The third-order valence-corrected chi connectivity index (χ3v) is 9.90. The lowest BCUT2D eigenvalue weighted by Crippen LogP contribution is -2.50. The van der Waals surface area contributed by atoms with E-state index in [4.69, 9.17) is 0 Å². The minimum Gasteiger partial charge on any atom is -0.507 e. The van der Waals surface area contributed by atoms with Crippen molar-refractivity contribution in [3.63, 3.8) is 0 Å². The highest BCUT2D eigenvalue weighted by atomic mass is 16.4. The van der Waals surface area contributed by atoms with E-state index in [1.165, 1.54) is 49.0 Å². The second-order valence-corrected chi connectivity index (χ2v) is 14.1. The number of benzene rings is 4. The summed E-state index contributed by atoms with van der Waals surface area (Å²) in [6, 6.07) is 21.1. The smallest absolute Gasteiger partial charge is 0.326 e. The van der Waals surface area contributed by atoms with Gasteiger partial charge in [-0.05, 0) is 77.1 Å². The number of carbonyl (C=O) groups excluding carboxylic acids is 5. The summed E-state index contributed by atoms with van der Waals surface area (Å²) in [6.45, 7) is 2.60. The Morgan fingerprint density at radius 3 is 2.14 bits per heavy atom. The number of carbonyl (C=O) groups is 6. The van der Waals surface area contributed by atoms with Gasteiger partial charge in [0, 0.05) is 36.7 Å². The van der Waals surface area contributed by atoms with E-state index in [2.05, 4.69) is 52.5 Å². The SMILES string of the molecule is CCCCc1ccc(-c2ccc(C(=O)NCC(C)C(=O)NCC(=O)N(C)C3C(=O)NCC(=O)NC(C(=O)O)Cc4ccc(O)c(c4)-c4cc3ccc4O)cc2)cc1. The summed E-state index contributed by atoms with van der Waals surface area (Å²) < 4.78 is 0. The highest BCUT2D eigenvalue weighted by Crippen LogP contribution is 2.38. The van der Waals surface area contributed by atoms with Crippen molar-refractivity contribution in [2.75, 3.05) is 26.7 Å². The number of rotatable bonds is 12. The van der Waals surface area contributed by atoms with Crippen LogP contribution >= 0.6 is 0 Å². The number of aryl methyl sites for hydroxylation is 1. The van der Waals surface area contributed by atoms with Crippen LogP contribution < -0.4 is 21.3 Å². The van der Waals surface area contributed by atoms with Crippen molar-refractivity contribution in [2.24, 2.45) is 5.92 Å². The van der Waals surface area contributed by atoms with Crippen LogP contribution in [0, 0.1) is 5.92 Å². The number of fused-ring (bicyclic) bond motifs is 5. The van der Waals surface area contributed by atoms with Crippen molar-refractivity contribution in [3.8, 4) is 33.8 Å². The van der Waals surface area contributed by atoms with Gasteiger partial charge in [-0.2, -0.15) is 0 Å². The van der Waals surface area contributed by atoms with Crippen LogP contribution in [0.4, 0.5) is 0 Å². The second kappa shape index (κ2) is 18.8. The van der Waals surface area contributed by atoms with E-state index >= 15 is 0 Å². The zero-order chi connectivity index (χ0) is 41.2. The Morgan fingerprint density at radius 1 is 0.860 bits per heavy atom. The van der Waals surface area contributed by atoms with Gasteiger partial charge >= 0.3 is 5.97 Å². The Bertz CT molecular complexity index is 2140. The molecule has 5 amide bonds. The molecule has 0 saturated heterocycles. The summed E-state index contributed by atoms with van der Waals surface area (Å²) in [4.78, 5) is 78.8. The number of aliphatic carboxylic acids is 1. The molecule has 298 valence electrons. The van der Waals surface area contributed by atoms with Crippen LogP contribution in [0.1, 0.15) is 59.8 Å². The Hall–Kier alpha value is -6.70. The maximum atomic E-state index is 13.6. The topological polar surface area (TPSA) is 214 Å². The molecule has 0 fully saturated rings. The molecule has 3 atom stereocenters. The van der Waals surface area contributed by atoms with E-state index in [9.17, 15) is 44.1 Å². The molecule has 0 aromatic heterocycles.